The standard InChI is InChI=1S/C43H27N5/c1-4-14-28(15-5-1)41-44-42(29-16-6-2-7-17-29)46-43(45-41)48-36-23-13-11-21-34(36)40-32-24-26-37-39(31(32)25-27-38(40)48)33-20-10-12-22-35(33)47(37)30-18-8-3-9-19-30/h1-27H. The van der Waals surface area contributed by atoms with Crippen LogP contribution in [-0.4, -0.2) is 24.1 Å². The van der Waals surface area contributed by atoms with Gasteiger partial charge in [0.05, 0.1) is 22.1 Å². The summed E-state index contributed by atoms with van der Waals surface area (Å²) in [7, 11) is 0. The molecular formula is C43H27N5. The number of nitrogens with zero attached hydrogens (tertiary/aromatic N) is 5. The molecule has 3 heterocycles. The Kier molecular flexibility index (Phi) is 5.81. The molecule has 5 heteroatoms. The first-order valence-corrected chi connectivity index (χ1v) is 16.1. The predicted octanol–water partition coefficient (Wildman–Crippen LogP) is 10.6. The monoisotopic (exact) mass is 613 g/mol. The molecule has 0 aliphatic rings. The molecule has 0 aliphatic carbocycles. The van der Waals surface area contributed by atoms with Crippen LogP contribution in [0.1, 0.15) is 0 Å². The Labute approximate surface area is 276 Å². The zero-order chi connectivity index (χ0) is 31.6. The summed E-state index contributed by atoms with van der Waals surface area (Å²) in [4.78, 5) is 15.2. The Morgan fingerprint density at radius 2 is 0.750 bits per heavy atom. The largest absolute Gasteiger partial charge is 0.309 e. The van der Waals surface area contributed by atoms with Crippen LogP contribution in [0.2, 0.25) is 0 Å². The Bertz CT molecular complexity index is 2760. The summed E-state index contributed by atoms with van der Waals surface area (Å²) in [5, 5.41) is 7.26. The maximum absolute atomic E-state index is 5.12. The van der Waals surface area contributed by atoms with E-state index >= 15 is 0 Å². The molecule has 0 unspecified atom stereocenters. The minimum Gasteiger partial charge on any atom is -0.309 e. The fraction of sp³-hybridized carbons (Fsp3) is 0. The molecule has 0 N–H and O–H groups in total. The molecule has 0 saturated carbocycles. The van der Waals surface area contributed by atoms with Gasteiger partial charge in [0.15, 0.2) is 11.6 Å². The predicted molar refractivity (Wildman–Crippen MR) is 197 cm³/mol. The SMILES string of the molecule is c1ccc(-c2nc(-c3ccccc3)nc(-n3c4ccccc4c4c5ccc6c(c5ccc43)c3ccccc3n6-c3ccccc3)n2)cc1. The van der Waals surface area contributed by atoms with Crippen LogP contribution in [0.4, 0.5) is 0 Å². The van der Waals surface area contributed by atoms with Gasteiger partial charge in [-0.2, -0.15) is 9.97 Å². The first-order chi connectivity index (χ1) is 23.8. The second-order valence-corrected chi connectivity index (χ2v) is 12.1. The Morgan fingerprint density at radius 3 is 1.29 bits per heavy atom. The van der Waals surface area contributed by atoms with E-state index in [-0.39, 0.29) is 0 Å². The number of para-hydroxylation sites is 3. The van der Waals surface area contributed by atoms with Crippen LogP contribution < -0.4 is 0 Å². The number of benzene rings is 7. The zero-order valence-electron chi connectivity index (χ0n) is 25.8. The number of aromatic nitrogens is 5. The summed E-state index contributed by atoms with van der Waals surface area (Å²) in [5.74, 6) is 1.87. The van der Waals surface area contributed by atoms with Gasteiger partial charge in [0.1, 0.15) is 0 Å². The Morgan fingerprint density at radius 1 is 0.312 bits per heavy atom. The zero-order valence-corrected chi connectivity index (χ0v) is 25.8. The highest BCUT2D eigenvalue weighted by molar-refractivity contribution is 6.29. The van der Waals surface area contributed by atoms with Crippen LogP contribution in [-0.2, 0) is 0 Å². The van der Waals surface area contributed by atoms with Crippen molar-refractivity contribution in [3.05, 3.63) is 164 Å². The van der Waals surface area contributed by atoms with E-state index in [2.05, 4.69) is 112 Å². The molecule has 0 fully saturated rings. The van der Waals surface area contributed by atoms with E-state index < -0.39 is 0 Å². The molecule has 5 nitrogen and oxygen atoms in total. The average Bonchev–Trinajstić information content (AvgIpc) is 3.69. The van der Waals surface area contributed by atoms with Gasteiger partial charge in [-0.05, 0) is 47.2 Å². The van der Waals surface area contributed by atoms with Gasteiger partial charge in [0.2, 0.25) is 5.95 Å². The highest BCUT2D eigenvalue weighted by Crippen LogP contribution is 2.42. The summed E-state index contributed by atoms with van der Waals surface area (Å²) >= 11 is 0. The van der Waals surface area contributed by atoms with Gasteiger partial charge in [0, 0.05) is 38.4 Å². The van der Waals surface area contributed by atoms with Crippen molar-refractivity contribution < 1.29 is 0 Å². The summed E-state index contributed by atoms with van der Waals surface area (Å²) < 4.78 is 4.57. The van der Waals surface area contributed by atoms with Gasteiger partial charge in [-0.3, -0.25) is 4.57 Å². The van der Waals surface area contributed by atoms with Crippen molar-refractivity contribution in [1.82, 2.24) is 24.1 Å². The number of hydrogen-bond acceptors (Lipinski definition) is 3. The van der Waals surface area contributed by atoms with Crippen LogP contribution in [0.25, 0.3) is 88.8 Å². The van der Waals surface area contributed by atoms with Gasteiger partial charge in [-0.15, -0.1) is 0 Å². The average molecular weight is 614 g/mol. The van der Waals surface area contributed by atoms with Gasteiger partial charge in [-0.1, -0.05) is 127 Å². The third-order valence-electron chi connectivity index (χ3n) is 9.37. The van der Waals surface area contributed by atoms with Crippen LogP contribution >= 0.6 is 0 Å². The van der Waals surface area contributed by atoms with E-state index in [1.54, 1.807) is 0 Å². The molecule has 10 rings (SSSR count). The maximum Gasteiger partial charge on any atom is 0.238 e. The topological polar surface area (TPSA) is 48.5 Å². The van der Waals surface area contributed by atoms with Crippen molar-refractivity contribution in [2.75, 3.05) is 0 Å². The molecule has 3 aromatic heterocycles. The van der Waals surface area contributed by atoms with Gasteiger partial charge in [-0.25, -0.2) is 4.98 Å². The summed E-state index contributed by atoms with van der Waals surface area (Å²) in [6.45, 7) is 0. The van der Waals surface area contributed by atoms with E-state index in [9.17, 15) is 0 Å². The summed E-state index contributed by atoms with van der Waals surface area (Å²) in [6, 6.07) is 57.2. The lowest BCUT2D eigenvalue weighted by atomic mass is 9.99. The Hall–Kier alpha value is -6.59. The third kappa shape index (κ3) is 3.94. The molecule has 0 bridgehead atoms. The molecule has 0 radical (unpaired) electrons. The number of hydrogen-bond donors (Lipinski definition) is 0. The van der Waals surface area contributed by atoms with E-state index in [0.29, 0.717) is 17.6 Å². The number of fused-ring (bicyclic) bond motifs is 9. The van der Waals surface area contributed by atoms with E-state index in [4.69, 9.17) is 15.0 Å². The first kappa shape index (κ1) is 26.6. The molecule has 0 amide bonds. The minimum absolute atomic E-state index is 0.593. The molecular weight excluding hydrogens is 587 g/mol. The lowest BCUT2D eigenvalue weighted by Crippen LogP contribution is -2.06. The highest BCUT2D eigenvalue weighted by atomic mass is 15.2. The lowest BCUT2D eigenvalue weighted by Gasteiger charge is -2.11. The van der Waals surface area contributed by atoms with E-state index in [1.807, 2.05) is 60.7 Å². The molecule has 7 aromatic carbocycles. The first-order valence-electron chi connectivity index (χ1n) is 16.1. The fourth-order valence-corrected chi connectivity index (χ4v) is 7.31. The summed E-state index contributed by atoms with van der Waals surface area (Å²) in [6.07, 6.45) is 0. The van der Waals surface area contributed by atoms with Gasteiger partial charge in [0.25, 0.3) is 0 Å². The molecule has 0 spiro atoms. The second-order valence-electron chi connectivity index (χ2n) is 12.1. The number of rotatable bonds is 4. The normalized spacial score (nSPS) is 11.8. The Balaban J connectivity index is 1.30. The van der Waals surface area contributed by atoms with Gasteiger partial charge >= 0.3 is 0 Å². The highest BCUT2D eigenvalue weighted by Gasteiger charge is 2.21. The van der Waals surface area contributed by atoms with Crippen molar-refractivity contribution in [2.45, 2.75) is 0 Å². The smallest absolute Gasteiger partial charge is 0.238 e. The molecule has 0 atom stereocenters. The molecule has 10 aromatic rings. The van der Waals surface area contributed by atoms with Crippen LogP contribution in [0.5, 0.6) is 0 Å². The van der Waals surface area contributed by atoms with Gasteiger partial charge < -0.3 is 4.57 Å². The second kappa shape index (κ2) is 10.5. The maximum atomic E-state index is 5.12. The van der Waals surface area contributed by atoms with E-state index in [0.717, 1.165) is 33.2 Å². The van der Waals surface area contributed by atoms with Crippen LogP contribution in [0.3, 0.4) is 0 Å². The minimum atomic E-state index is 0.593. The van der Waals surface area contributed by atoms with Crippen molar-refractivity contribution in [3.8, 4) is 34.4 Å². The molecule has 0 saturated heterocycles. The van der Waals surface area contributed by atoms with Crippen molar-refractivity contribution in [2.24, 2.45) is 0 Å². The summed E-state index contributed by atoms with van der Waals surface area (Å²) in [5.41, 5.74) is 7.54. The molecule has 224 valence electrons. The lowest BCUT2D eigenvalue weighted by molar-refractivity contribution is 0.953. The molecule has 0 aliphatic heterocycles. The van der Waals surface area contributed by atoms with Crippen molar-refractivity contribution in [1.29, 1.82) is 0 Å². The van der Waals surface area contributed by atoms with Crippen molar-refractivity contribution in [3.63, 3.8) is 0 Å². The van der Waals surface area contributed by atoms with Crippen LogP contribution in [0.15, 0.2) is 164 Å². The van der Waals surface area contributed by atoms with E-state index in [1.165, 1.54) is 38.0 Å². The quantitative estimate of drug-likeness (QED) is 0.198. The fourth-order valence-electron chi connectivity index (χ4n) is 7.31. The molecule has 48 heavy (non-hydrogen) atoms. The van der Waals surface area contributed by atoms with Crippen molar-refractivity contribution >= 4 is 54.4 Å². The van der Waals surface area contributed by atoms with Crippen LogP contribution in [0, 0.1) is 0 Å². The third-order valence-corrected chi connectivity index (χ3v) is 9.37.